The van der Waals surface area contributed by atoms with E-state index in [1.807, 2.05) is 12.1 Å². The number of benzene rings is 1. The van der Waals surface area contributed by atoms with Gasteiger partial charge < -0.3 is 18.8 Å². The number of carbonyl (C=O) groups is 1. The molecule has 8 heteroatoms. The number of halogens is 1. The first-order valence-electron chi connectivity index (χ1n) is 9.98. The molecule has 2 aromatic rings. The Morgan fingerprint density at radius 2 is 2.03 bits per heavy atom. The van der Waals surface area contributed by atoms with Crippen LogP contribution in [0.5, 0.6) is 5.75 Å². The number of nitrogens with zero attached hydrogens (tertiary/aromatic N) is 1. The van der Waals surface area contributed by atoms with Gasteiger partial charge in [0.05, 0.1) is 23.4 Å². The lowest BCUT2D eigenvalue weighted by atomic mass is 10.0. The van der Waals surface area contributed by atoms with Crippen LogP contribution in [0.25, 0.3) is 11.3 Å². The maximum Gasteiger partial charge on any atom is 0.344 e. The number of rotatable bonds is 7. The molecule has 2 aliphatic rings. The molecule has 1 saturated carbocycles. The monoisotopic (exact) mass is 449 g/mol. The minimum Gasteiger partial charge on any atom is -0.490 e. The highest BCUT2D eigenvalue weighted by atomic mass is 35.5. The Balaban J connectivity index is 1.81. The summed E-state index contributed by atoms with van der Waals surface area (Å²) >= 11 is 8.13. The van der Waals surface area contributed by atoms with Crippen LogP contribution in [0.2, 0.25) is 5.02 Å². The third-order valence-corrected chi connectivity index (χ3v) is 6.40. The summed E-state index contributed by atoms with van der Waals surface area (Å²) in [4.78, 5) is 26.8. The zero-order valence-electron chi connectivity index (χ0n) is 17.2. The normalized spacial score (nSPS) is 15.0. The topological polar surface area (TPSA) is 66.8 Å². The molecule has 1 aliphatic heterocycles. The second-order valence-electron chi connectivity index (χ2n) is 7.70. The lowest BCUT2D eigenvalue weighted by Crippen LogP contribution is -2.30. The summed E-state index contributed by atoms with van der Waals surface area (Å²) in [5.41, 5.74) is 2.50. The molecule has 1 fully saturated rings. The summed E-state index contributed by atoms with van der Waals surface area (Å²) in [7, 11) is 1.62. The van der Waals surface area contributed by atoms with E-state index in [9.17, 15) is 9.59 Å². The Morgan fingerprint density at radius 1 is 1.27 bits per heavy atom. The number of hydrogen-bond donors (Lipinski definition) is 0. The lowest BCUT2D eigenvalue weighted by Gasteiger charge is -2.25. The van der Waals surface area contributed by atoms with Gasteiger partial charge in [-0.3, -0.25) is 4.79 Å². The van der Waals surface area contributed by atoms with E-state index in [1.165, 1.54) is 0 Å². The number of methoxy groups -OCH3 is 1. The average molecular weight is 450 g/mol. The van der Waals surface area contributed by atoms with Crippen molar-refractivity contribution in [1.29, 1.82) is 0 Å². The number of fused-ring (bicyclic) bond motifs is 3. The predicted octanol–water partition coefficient (Wildman–Crippen LogP) is 4.70. The second-order valence-corrected chi connectivity index (χ2v) is 9.13. The molecule has 0 atom stereocenters. The molecule has 160 valence electrons. The van der Waals surface area contributed by atoms with Crippen LogP contribution in [0.4, 0.5) is 0 Å². The van der Waals surface area contributed by atoms with E-state index in [0.717, 1.165) is 34.6 Å². The molecule has 1 aromatic carbocycles. The van der Waals surface area contributed by atoms with Crippen LogP contribution in [-0.4, -0.2) is 37.0 Å². The van der Waals surface area contributed by atoms with E-state index >= 15 is 0 Å². The van der Waals surface area contributed by atoms with Gasteiger partial charge in [0.25, 0.3) is 5.56 Å². The maximum atomic E-state index is 13.3. The molecule has 0 amide bonds. The van der Waals surface area contributed by atoms with Crippen LogP contribution in [-0.2, 0) is 15.2 Å². The van der Waals surface area contributed by atoms with Crippen LogP contribution in [0.1, 0.15) is 48.7 Å². The molecule has 0 radical (unpaired) electrons. The van der Waals surface area contributed by atoms with Crippen molar-refractivity contribution in [2.24, 2.45) is 0 Å². The van der Waals surface area contributed by atoms with Gasteiger partial charge in [-0.15, -0.1) is 11.8 Å². The molecular weight excluding hydrogens is 426 g/mol. The van der Waals surface area contributed by atoms with Crippen molar-refractivity contribution in [2.45, 2.75) is 49.5 Å². The smallest absolute Gasteiger partial charge is 0.344 e. The van der Waals surface area contributed by atoms with Crippen molar-refractivity contribution in [2.75, 3.05) is 20.3 Å². The third-order valence-electron chi connectivity index (χ3n) is 5.00. The average Bonchev–Trinajstić information content (AvgIpc) is 3.52. The summed E-state index contributed by atoms with van der Waals surface area (Å²) in [6, 6.07) is 5.57. The molecule has 0 bridgehead atoms. The number of esters is 1. The van der Waals surface area contributed by atoms with Gasteiger partial charge in [-0.05, 0) is 50.5 Å². The van der Waals surface area contributed by atoms with Crippen LogP contribution in [0.15, 0.2) is 27.9 Å². The Labute approximate surface area is 184 Å². The highest BCUT2D eigenvalue weighted by Crippen LogP contribution is 2.48. The number of thioether (sulfide) groups is 1. The van der Waals surface area contributed by atoms with Gasteiger partial charge in [0.1, 0.15) is 17.9 Å². The quantitative estimate of drug-likeness (QED) is 0.451. The first-order chi connectivity index (χ1) is 14.4. The van der Waals surface area contributed by atoms with Gasteiger partial charge in [0, 0.05) is 29.4 Å². The van der Waals surface area contributed by atoms with Crippen molar-refractivity contribution in [3.63, 3.8) is 0 Å². The zero-order valence-corrected chi connectivity index (χ0v) is 18.8. The fourth-order valence-electron chi connectivity index (χ4n) is 3.55. The molecule has 30 heavy (non-hydrogen) atoms. The van der Waals surface area contributed by atoms with Crippen molar-refractivity contribution in [1.82, 2.24) is 4.57 Å². The summed E-state index contributed by atoms with van der Waals surface area (Å²) < 4.78 is 17.8. The molecule has 6 nitrogen and oxygen atoms in total. The molecule has 0 saturated heterocycles. The van der Waals surface area contributed by atoms with Gasteiger partial charge in [0.15, 0.2) is 0 Å². The fourth-order valence-corrected chi connectivity index (χ4v) is 4.80. The largest absolute Gasteiger partial charge is 0.490 e. The van der Waals surface area contributed by atoms with Crippen LogP contribution in [0.3, 0.4) is 0 Å². The van der Waals surface area contributed by atoms with Crippen molar-refractivity contribution < 1.29 is 19.0 Å². The van der Waals surface area contributed by atoms with E-state index in [4.69, 9.17) is 25.8 Å². The molecule has 4 rings (SSSR count). The first kappa shape index (κ1) is 21.3. The van der Waals surface area contributed by atoms with Crippen molar-refractivity contribution in [3.05, 3.63) is 44.7 Å². The maximum absolute atomic E-state index is 13.3. The number of carbonyl (C=O) groups excluding carboxylic acids is 1. The highest BCUT2D eigenvalue weighted by molar-refractivity contribution is 7.98. The second kappa shape index (κ2) is 8.65. The van der Waals surface area contributed by atoms with Crippen LogP contribution in [0, 0.1) is 0 Å². The van der Waals surface area contributed by atoms with Crippen LogP contribution < -0.4 is 10.3 Å². The van der Waals surface area contributed by atoms with Crippen molar-refractivity contribution in [3.8, 4) is 17.0 Å². The number of pyridine rings is 1. The van der Waals surface area contributed by atoms with Gasteiger partial charge >= 0.3 is 5.97 Å². The van der Waals surface area contributed by atoms with E-state index in [-0.39, 0.29) is 23.3 Å². The Morgan fingerprint density at radius 3 is 2.70 bits per heavy atom. The first-order valence-corrected chi connectivity index (χ1v) is 11.3. The van der Waals surface area contributed by atoms with Gasteiger partial charge in [0.2, 0.25) is 0 Å². The van der Waals surface area contributed by atoms with E-state index < -0.39 is 5.97 Å². The molecule has 0 spiro atoms. The summed E-state index contributed by atoms with van der Waals surface area (Å²) in [6.07, 6.45) is 1.56. The fraction of sp³-hybridized carbons (Fsp3) is 0.455. The number of hydrogen-bond acceptors (Lipinski definition) is 6. The van der Waals surface area contributed by atoms with Gasteiger partial charge in [-0.1, -0.05) is 11.6 Å². The molecular formula is C22H24ClNO5S. The Bertz CT molecular complexity index is 1040. The van der Waals surface area contributed by atoms with E-state index in [1.54, 1.807) is 43.4 Å². The summed E-state index contributed by atoms with van der Waals surface area (Å²) in [6.45, 7) is 4.43. The zero-order chi connectivity index (χ0) is 21.4. The molecule has 0 unspecified atom stereocenters. The Kier molecular flexibility index (Phi) is 6.14. The minimum atomic E-state index is -0.567. The Hall–Kier alpha value is -1.96. The van der Waals surface area contributed by atoms with E-state index in [2.05, 4.69) is 0 Å². The van der Waals surface area contributed by atoms with Crippen LogP contribution >= 0.6 is 23.4 Å². The molecule has 1 aliphatic carbocycles. The van der Waals surface area contributed by atoms with Gasteiger partial charge in [-0.2, -0.15) is 0 Å². The molecule has 1 aromatic heterocycles. The highest BCUT2D eigenvalue weighted by Gasteiger charge is 2.34. The van der Waals surface area contributed by atoms with Gasteiger partial charge in [-0.25, -0.2) is 4.79 Å². The minimum absolute atomic E-state index is 0.101. The predicted molar refractivity (Wildman–Crippen MR) is 117 cm³/mol. The molecule has 2 heterocycles. The summed E-state index contributed by atoms with van der Waals surface area (Å²) in [5.74, 6) is 0.681. The summed E-state index contributed by atoms with van der Waals surface area (Å²) in [5, 5.41) is 0.483. The standard InChI is InChI=1S/C22H24ClNO5S/c1-12(2)29-22(26)16-8-13-11-30-19-10-18(28-7-6-27-3)17(23)9-15(19)20(13)24(21(16)25)14-4-5-14/h8-10,12,14H,4-7,11H2,1-3H3. The third kappa shape index (κ3) is 4.11. The van der Waals surface area contributed by atoms with Crippen molar-refractivity contribution >= 4 is 29.3 Å². The SMILES string of the molecule is COCCOc1cc2c(cc1Cl)-c1c(cc(C(=O)OC(C)C)c(=O)n1C1CC1)CS2. The number of ether oxygens (including phenoxy) is 3. The number of aromatic nitrogens is 1. The molecule has 0 N–H and O–H groups in total. The van der Waals surface area contributed by atoms with E-state index in [0.29, 0.717) is 29.7 Å². The lowest BCUT2D eigenvalue weighted by molar-refractivity contribution is 0.0375.